The normalized spacial score (nSPS) is 10.9. The van der Waals surface area contributed by atoms with E-state index in [1.165, 1.54) is 44.6 Å². The van der Waals surface area contributed by atoms with E-state index in [-0.39, 0.29) is 34.2 Å². The summed E-state index contributed by atoms with van der Waals surface area (Å²) in [6.07, 6.45) is 0. The number of benzene rings is 1. The number of hydrogen-bond acceptors (Lipinski definition) is 8. The summed E-state index contributed by atoms with van der Waals surface area (Å²) < 4.78 is 37.0. The molecule has 11 nitrogen and oxygen atoms in total. The number of anilines is 1. The number of nitrogens with zero attached hydrogens (tertiary/aromatic N) is 2. The van der Waals surface area contributed by atoms with Gasteiger partial charge in [0.1, 0.15) is 4.90 Å². The molecule has 0 aliphatic carbocycles. The quantitative estimate of drug-likeness (QED) is 0.600. The van der Waals surface area contributed by atoms with Gasteiger partial charge in [-0.2, -0.15) is 9.97 Å². The van der Waals surface area contributed by atoms with Gasteiger partial charge in [-0.3, -0.25) is 10.1 Å². The van der Waals surface area contributed by atoms with Crippen molar-refractivity contribution in [3.63, 3.8) is 0 Å². The Balaban J connectivity index is 2.24. The van der Waals surface area contributed by atoms with E-state index in [2.05, 4.69) is 20.6 Å². The van der Waals surface area contributed by atoms with Crippen LogP contribution in [0.2, 0.25) is 0 Å². The molecule has 1 heterocycles. The maximum atomic E-state index is 12.6. The number of sulfonamides is 1. The molecule has 0 atom stereocenters. The van der Waals surface area contributed by atoms with Gasteiger partial charge in [0.2, 0.25) is 17.7 Å². The fraction of sp³-hybridized carbons (Fsp3) is 0.294. The zero-order valence-corrected chi connectivity index (χ0v) is 17.0. The highest BCUT2D eigenvalue weighted by Crippen LogP contribution is 2.18. The van der Waals surface area contributed by atoms with Crippen molar-refractivity contribution in [2.75, 3.05) is 19.5 Å². The molecule has 3 amide bonds. The summed E-state index contributed by atoms with van der Waals surface area (Å²) in [5.41, 5.74) is -0.0965. The number of methoxy groups -OCH3 is 2. The van der Waals surface area contributed by atoms with Crippen LogP contribution in [0.5, 0.6) is 11.8 Å². The molecule has 3 N–H and O–H groups in total. The van der Waals surface area contributed by atoms with Gasteiger partial charge in [-0.25, -0.2) is 17.9 Å². The van der Waals surface area contributed by atoms with E-state index in [0.717, 1.165) is 0 Å². The van der Waals surface area contributed by atoms with E-state index in [1.807, 2.05) is 4.72 Å². The fourth-order valence-corrected chi connectivity index (χ4v) is 3.31. The second-order valence-electron chi connectivity index (χ2n) is 5.96. The highest BCUT2D eigenvalue weighted by Gasteiger charge is 2.25. The van der Waals surface area contributed by atoms with Crippen molar-refractivity contribution in [1.82, 2.24) is 20.0 Å². The minimum absolute atomic E-state index is 0.0965. The van der Waals surface area contributed by atoms with Gasteiger partial charge in [0, 0.05) is 6.04 Å². The highest BCUT2D eigenvalue weighted by atomic mass is 32.2. The van der Waals surface area contributed by atoms with E-state index in [9.17, 15) is 18.0 Å². The minimum Gasteiger partial charge on any atom is -0.481 e. The molecule has 1 aromatic heterocycles. The Kier molecular flexibility index (Phi) is 6.93. The maximum absolute atomic E-state index is 12.6. The Morgan fingerprint density at radius 1 is 1.03 bits per heavy atom. The topological polar surface area (TPSA) is 149 Å². The molecule has 0 aliphatic rings. The zero-order valence-electron chi connectivity index (χ0n) is 16.2. The summed E-state index contributed by atoms with van der Waals surface area (Å²) in [5.74, 6) is -0.613. The van der Waals surface area contributed by atoms with E-state index in [0.29, 0.717) is 0 Å². The minimum atomic E-state index is -4.36. The van der Waals surface area contributed by atoms with E-state index >= 15 is 0 Å². The first kappa shape index (κ1) is 21.9. The Morgan fingerprint density at radius 2 is 1.62 bits per heavy atom. The lowest BCUT2D eigenvalue weighted by Crippen LogP contribution is -2.37. The van der Waals surface area contributed by atoms with Crippen LogP contribution in [0.3, 0.4) is 0 Å². The molecular weight excluding hydrogens is 402 g/mol. The maximum Gasteiger partial charge on any atom is 0.335 e. The highest BCUT2D eigenvalue weighted by molar-refractivity contribution is 7.90. The summed E-state index contributed by atoms with van der Waals surface area (Å²) in [4.78, 5) is 31.9. The average molecular weight is 423 g/mol. The molecule has 0 radical (unpaired) electrons. The van der Waals surface area contributed by atoms with Crippen LogP contribution in [0, 0.1) is 0 Å². The lowest BCUT2D eigenvalue weighted by atomic mass is 10.2. The molecule has 0 bridgehead atoms. The third-order valence-corrected chi connectivity index (χ3v) is 4.78. The van der Waals surface area contributed by atoms with Crippen LogP contribution in [0.15, 0.2) is 35.2 Å². The van der Waals surface area contributed by atoms with Gasteiger partial charge in [-0.05, 0) is 26.0 Å². The monoisotopic (exact) mass is 423 g/mol. The first-order chi connectivity index (χ1) is 13.7. The smallest absolute Gasteiger partial charge is 0.335 e. The van der Waals surface area contributed by atoms with Crippen molar-refractivity contribution in [2.45, 2.75) is 24.8 Å². The largest absolute Gasteiger partial charge is 0.481 e. The van der Waals surface area contributed by atoms with Crippen LogP contribution in [-0.2, 0) is 10.0 Å². The van der Waals surface area contributed by atoms with Crippen LogP contribution in [-0.4, -0.2) is 50.6 Å². The molecular formula is C17H21N5O6S. The summed E-state index contributed by atoms with van der Waals surface area (Å²) >= 11 is 0. The Morgan fingerprint density at radius 3 is 2.17 bits per heavy atom. The molecule has 0 spiro atoms. The summed E-state index contributed by atoms with van der Waals surface area (Å²) in [6, 6.07) is 5.58. The predicted molar refractivity (Wildman–Crippen MR) is 104 cm³/mol. The molecule has 0 saturated heterocycles. The number of amides is 3. The van der Waals surface area contributed by atoms with Gasteiger partial charge in [0.05, 0.1) is 25.8 Å². The molecule has 2 rings (SSSR count). The third kappa shape index (κ3) is 5.78. The summed E-state index contributed by atoms with van der Waals surface area (Å²) in [7, 11) is -1.65. The van der Waals surface area contributed by atoms with E-state index < -0.39 is 22.0 Å². The molecule has 29 heavy (non-hydrogen) atoms. The van der Waals surface area contributed by atoms with Crippen LogP contribution in [0.25, 0.3) is 0 Å². The lowest BCUT2D eigenvalue weighted by molar-refractivity contribution is 0.0939. The van der Waals surface area contributed by atoms with Gasteiger partial charge in [-0.1, -0.05) is 12.1 Å². The number of nitrogens with one attached hydrogen (secondary N) is 3. The Labute approximate surface area is 167 Å². The number of urea groups is 1. The first-order valence-electron chi connectivity index (χ1n) is 8.37. The van der Waals surface area contributed by atoms with E-state index in [1.54, 1.807) is 13.8 Å². The number of rotatable bonds is 7. The van der Waals surface area contributed by atoms with Crippen molar-refractivity contribution in [1.29, 1.82) is 0 Å². The molecule has 0 unspecified atom stereocenters. The number of carbonyl (C=O) groups excluding carboxylic acids is 2. The van der Waals surface area contributed by atoms with Crippen LogP contribution in [0.1, 0.15) is 24.2 Å². The molecule has 2 aromatic rings. The van der Waals surface area contributed by atoms with Crippen LogP contribution < -0.4 is 24.8 Å². The molecule has 12 heteroatoms. The Hall–Kier alpha value is -3.41. The van der Waals surface area contributed by atoms with Crippen molar-refractivity contribution in [2.24, 2.45) is 0 Å². The number of carbonyl (C=O) groups is 2. The fourth-order valence-electron chi connectivity index (χ4n) is 2.20. The van der Waals surface area contributed by atoms with Crippen molar-refractivity contribution >= 4 is 27.9 Å². The standard InChI is InChI=1S/C17H21N5O6S/c1-10(2)18-15(23)11-7-5-6-8-12(11)29(25,26)22-17(24)21-16-19-13(27-3)9-14(20-16)28-4/h5-10H,1-4H3,(H,18,23)(H2,19,20,21,22,24). The van der Waals surface area contributed by atoms with Gasteiger partial charge < -0.3 is 14.8 Å². The zero-order chi connectivity index (χ0) is 21.6. The van der Waals surface area contributed by atoms with Gasteiger partial charge >= 0.3 is 6.03 Å². The molecule has 156 valence electrons. The third-order valence-electron chi connectivity index (χ3n) is 3.39. The lowest BCUT2D eigenvalue weighted by Gasteiger charge is -2.13. The number of hydrogen-bond donors (Lipinski definition) is 3. The van der Waals surface area contributed by atoms with Gasteiger partial charge in [-0.15, -0.1) is 0 Å². The number of ether oxygens (including phenoxy) is 2. The second-order valence-corrected chi connectivity index (χ2v) is 7.61. The molecule has 0 aliphatic heterocycles. The predicted octanol–water partition coefficient (Wildman–Crippen LogP) is 1.14. The first-order valence-corrected chi connectivity index (χ1v) is 9.85. The van der Waals surface area contributed by atoms with E-state index in [4.69, 9.17) is 9.47 Å². The van der Waals surface area contributed by atoms with Crippen molar-refractivity contribution in [3.05, 3.63) is 35.9 Å². The van der Waals surface area contributed by atoms with Crippen molar-refractivity contribution in [3.8, 4) is 11.8 Å². The molecule has 1 aromatic carbocycles. The molecule has 0 saturated carbocycles. The van der Waals surface area contributed by atoms with Crippen molar-refractivity contribution < 1.29 is 27.5 Å². The average Bonchev–Trinajstić information content (AvgIpc) is 2.66. The number of aromatic nitrogens is 2. The van der Waals surface area contributed by atoms with Gasteiger partial charge in [0.15, 0.2) is 0 Å². The molecule has 0 fully saturated rings. The van der Waals surface area contributed by atoms with Crippen LogP contribution >= 0.6 is 0 Å². The van der Waals surface area contributed by atoms with Gasteiger partial charge in [0.25, 0.3) is 15.9 Å². The summed E-state index contributed by atoms with van der Waals surface area (Å²) in [5, 5.41) is 4.80. The SMILES string of the molecule is COc1cc(OC)nc(NC(=O)NS(=O)(=O)c2ccccc2C(=O)NC(C)C)n1. The second kappa shape index (κ2) is 9.19. The summed E-state index contributed by atoms with van der Waals surface area (Å²) in [6.45, 7) is 3.48. The van der Waals surface area contributed by atoms with Crippen LogP contribution in [0.4, 0.5) is 10.7 Å². The Bertz CT molecular complexity index is 987.